The maximum atomic E-state index is 12.6. The molecule has 3 aromatic carbocycles. The Hall–Kier alpha value is -3.19. The second kappa shape index (κ2) is 7.20. The van der Waals surface area contributed by atoms with Crippen molar-refractivity contribution in [1.82, 2.24) is 0 Å². The van der Waals surface area contributed by atoms with Gasteiger partial charge in [-0.15, -0.1) is 0 Å². The van der Waals surface area contributed by atoms with E-state index in [1.54, 1.807) is 60.7 Å². The van der Waals surface area contributed by atoms with Crippen LogP contribution in [0.3, 0.4) is 0 Å². The Bertz CT molecular complexity index is 1110. The predicted molar refractivity (Wildman–Crippen MR) is 105 cm³/mol. The highest BCUT2D eigenvalue weighted by molar-refractivity contribution is 7.92. The maximum Gasteiger partial charge on any atom is 0.277 e. The summed E-state index contributed by atoms with van der Waals surface area (Å²) in [5.74, 6) is 0. The standard InChI is InChI=1S/C20H18N2O4S/c1-14-7-12-18(13-15(14)2)27(25,26)21-17-10-8-16(9-11-17)19-5-3-4-6-20(19)22(23)24/h3-13,21H,1-2H3. The molecule has 3 aromatic rings. The minimum absolute atomic E-state index is 0.000890. The molecular weight excluding hydrogens is 364 g/mol. The second-order valence-electron chi connectivity index (χ2n) is 6.20. The molecule has 0 amide bonds. The van der Waals surface area contributed by atoms with Gasteiger partial charge in [-0.2, -0.15) is 0 Å². The lowest BCUT2D eigenvalue weighted by Crippen LogP contribution is -2.13. The topological polar surface area (TPSA) is 89.3 Å². The highest BCUT2D eigenvalue weighted by atomic mass is 32.2. The van der Waals surface area contributed by atoms with Gasteiger partial charge in [0.1, 0.15) is 0 Å². The first-order valence-electron chi connectivity index (χ1n) is 8.22. The SMILES string of the molecule is Cc1ccc(S(=O)(=O)Nc2ccc(-c3ccccc3[N+](=O)[O-])cc2)cc1C. The monoisotopic (exact) mass is 382 g/mol. The maximum absolute atomic E-state index is 12.6. The molecule has 0 bridgehead atoms. The quantitative estimate of drug-likeness (QED) is 0.512. The summed E-state index contributed by atoms with van der Waals surface area (Å²) in [6.07, 6.45) is 0. The van der Waals surface area contributed by atoms with Crippen LogP contribution in [0.4, 0.5) is 11.4 Å². The first-order valence-corrected chi connectivity index (χ1v) is 9.70. The molecule has 3 rings (SSSR count). The number of nitro groups is 1. The van der Waals surface area contributed by atoms with Crippen LogP contribution in [0.5, 0.6) is 0 Å². The number of nitrogens with one attached hydrogen (secondary N) is 1. The van der Waals surface area contributed by atoms with E-state index in [0.29, 0.717) is 16.8 Å². The molecule has 0 unspecified atom stereocenters. The molecule has 27 heavy (non-hydrogen) atoms. The molecule has 1 N–H and O–H groups in total. The summed E-state index contributed by atoms with van der Waals surface area (Å²) in [6.45, 7) is 3.77. The van der Waals surface area contributed by atoms with Gasteiger partial charge in [0.15, 0.2) is 0 Å². The molecule has 0 aromatic heterocycles. The van der Waals surface area contributed by atoms with Crippen molar-refractivity contribution in [2.45, 2.75) is 18.7 Å². The number of sulfonamides is 1. The normalized spacial score (nSPS) is 11.2. The molecule has 0 aliphatic rings. The molecule has 0 fully saturated rings. The zero-order valence-corrected chi connectivity index (χ0v) is 15.7. The lowest BCUT2D eigenvalue weighted by Gasteiger charge is -2.10. The van der Waals surface area contributed by atoms with E-state index in [-0.39, 0.29) is 10.6 Å². The molecule has 0 spiro atoms. The molecule has 0 atom stereocenters. The van der Waals surface area contributed by atoms with Crippen molar-refractivity contribution in [1.29, 1.82) is 0 Å². The number of benzene rings is 3. The Morgan fingerprint density at radius 1 is 0.889 bits per heavy atom. The molecule has 7 heteroatoms. The number of hydrogen-bond acceptors (Lipinski definition) is 4. The smallest absolute Gasteiger partial charge is 0.277 e. The number of nitrogens with zero attached hydrogens (tertiary/aromatic N) is 1. The van der Waals surface area contributed by atoms with Crippen LogP contribution >= 0.6 is 0 Å². The van der Waals surface area contributed by atoms with Gasteiger partial charge in [-0.1, -0.05) is 30.3 Å². The van der Waals surface area contributed by atoms with Crippen LogP contribution in [0, 0.1) is 24.0 Å². The molecule has 0 aliphatic carbocycles. The van der Waals surface area contributed by atoms with Crippen LogP contribution in [-0.2, 0) is 10.0 Å². The lowest BCUT2D eigenvalue weighted by molar-refractivity contribution is -0.384. The third kappa shape index (κ3) is 3.98. The zero-order chi connectivity index (χ0) is 19.6. The van der Waals surface area contributed by atoms with Gasteiger partial charge in [0.2, 0.25) is 0 Å². The van der Waals surface area contributed by atoms with Gasteiger partial charge < -0.3 is 0 Å². The third-order valence-electron chi connectivity index (χ3n) is 4.34. The summed E-state index contributed by atoms with van der Waals surface area (Å²) in [4.78, 5) is 10.9. The van der Waals surface area contributed by atoms with Gasteiger partial charge in [0.05, 0.1) is 15.4 Å². The average Bonchev–Trinajstić information content (AvgIpc) is 2.64. The summed E-state index contributed by atoms with van der Waals surface area (Å²) in [7, 11) is -3.71. The van der Waals surface area contributed by atoms with Crippen LogP contribution < -0.4 is 4.72 Å². The van der Waals surface area contributed by atoms with E-state index < -0.39 is 14.9 Å². The van der Waals surface area contributed by atoms with Crippen LogP contribution in [0.15, 0.2) is 71.6 Å². The summed E-state index contributed by atoms with van der Waals surface area (Å²) >= 11 is 0. The van der Waals surface area contributed by atoms with Crippen molar-refractivity contribution in [2.75, 3.05) is 4.72 Å². The van der Waals surface area contributed by atoms with Crippen LogP contribution in [0.2, 0.25) is 0 Å². The minimum atomic E-state index is -3.71. The zero-order valence-electron chi connectivity index (χ0n) is 14.8. The molecule has 0 aliphatic heterocycles. The van der Waals surface area contributed by atoms with E-state index >= 15 is 0 Å². The summed E-state index contributed by atoms with van der Waals surface area (Å²) in [5, 5.41) is 11.2. The van der Waals surface area contributed by atoms with Crippen molar-refractivity contribution in [3.63, 3.8) is 0 Å². The van der Waals surface area contributed by atoms with E-state index in [9.17, 15) is 18.5 Å². The fourth-order valence-corrected chi connectivity index (χ4v) is 3.83. The summed E-state index contributed by atoms with van der Waals surface area (Å²) in [5.41, 5.74) is 3.41. The fraction of sp³-hybridized carbons (Fsp3) is 0.100. The second-order valence-corrected chi connectivity index (χ2v) is 7.89. The number of rotatable bonds is 5. The number of nitro benzene ring substituents is 1. The molecular formula is C20H18N2O4S. The first-order chi connectivity index (χ1) is 12.8. The van der Waals surface area contributed by atoms with Gasteiger partial charge in [-0.3, -0.25) is 14.8 Å². The Morgan fingerprint density at radius 3 is 2.19 bits per heavy atom. The Balaban J connectivity index is 1.88. The van der Waals surface area contributed by atoms with Crippen molar-refractivity contribution >= 4 is 21.4 Å². The van der Waals surface area contributed by atoms with Crippen molar-refractivity contribution < 1.29 is 13.3 Å². The highest BCUT2D eigenvalue weighted by Crippen LogP contribution is 2.30. The lowest BCUT2D eigenvalue weighted by atomic mass is 10.0. The molecule has 0 radical (unpaired) electrons. The summed E-state index contributed by atoms with van der Waals surface area (Å²) < 4.78 is 27.7. The van der Waals surface area contributed by atoms with E-state index in [0.717, 1.165) is 11.1 Å². The number of hydrogen-bond donors (Lipinski definition) is 1. The van der Waals surface area contributed by atoms with E-state index in [2.05, 4.69) is 4.72 Å². The van der Waals surface area contributed by atoms with Crippen LogP contribution in [-0.4, -0.2) is 13.3 Å². The van der Waals surface area contributed by atoms with Crippen LogP contribution in [0.25, 0.3) is 11.1 Å². The minimum Gasteiger partial charge on any atom is -0.280 e. The van der Waals surface area contributed by atoms with E-state index in [1.165, 1.54) is 6.07 Å². The first kappa shape index (κ1) is 18.6. The van der Waals surface area contributed by atoms with Gasteiger partial charge in [0.25, 0.3) is 15.7 Å². The van der Waals surface area contributed by atoms with Crippen molar-refractivity contribution in [2.24, 2.45) is 0 Å². The Kier molecular flexibility index (Phi) is 4.96. The Labute approximate surface area is 157 Å². The molecule has 138 valence electrons. The van der Waals surface area contributed by atoms with Crippen molar-refractivity contribution in [3.8, 4) is 11.1 Å². The van der Waals surface area contributed by atoms with Gasteiger partial charge in [0, 0.05) is 11.8 Å². The van der Waals surface area contributed by atoms with Crippen molar-refractivity contribution in [3.05, 3.63) is 88.0 Å². The van der Waals surface area contributed by atoms with Gasteiger partial charge >= 0.3 is 0 Å². The van der Waals surface area contributed by atoms with E-state index in [4.69, 9.17) is 0 Å². The summed E-state index contributed by atoms with van der Waals surface area (Å²) in [6, 6.07) is 17.9. The molecule has 0 saturated carbocycles. The number of para-hydroxylation sites is 1. The Morgan fingerprint density at radius 2 is 1.56 bits per heavy atom. The molecule has 0 heterocycles. The number of anilines is 1. The largest absolute Gasteiger partial charge is 0.280 e. The van der Waals surface area contributed by atoms with Gasteiger partial charge in [-0.25, -0.2) is 8.42 Å². The molecule has 6 nitrogen and oxygen atoms in total. The highest BCUT2D eigenvalue weighted by Gasteiger charge is 2.16. The molecule has 0 saturated heterocycles. The predicted octanol–water partition coefficient (Wildman–Crippen LogP) is 4.68. The van der Waals surface area contributed by atoms with E-state index in [1.807, 2.05) is 13.8 Å². The number of aryl methyl sites for hydroxylation is 2. The van der Waals surface area contributed by atoms with Gasteiger partial charge in [-0.05, 0) is 60.9 Å². The third-order valence-corrected chi connectivity index (χ3v) is 5.72. The fourth-order valence-electron chi connectivity index (χ4n) is 2.69. The van der Waals surface area contributed by atoms with Crippen LogP contribution in [0.1, 0.15) is 11.1 Å². The average molecular weight is 382 g/mol.